The second-order valence-electron chi connectivity index (χ2n) is 7.31. The van der Waals surface area contributed by atoms with E-state index in [4.69, 9.17) is 0 Å². The van der Waals surface area contributed by atoms with Crippen LogP contribution in [0.3, 0.4) is 0 Å². The van der Waals surface area contributed by atoms with Gasteiger partial charge in [-0.2, -0.15) is 0 Å². The van der Waals surface area contributed by atoms with Crippen molar-refractivity contribution < 1.29 is 0 Å². The molecule has 1 aliphatic heterocycles. The molecule has 28 heavy (non-hydrogen) atoms. The Kier molecular flexibility index (Phi) is 4.06. The molecule has 3 aromatic heterocycles. The van der Waals surface area contributed by atoms with Gasteiger partial charge in [-0.1, -0.05) is 24.3 Å². The highest BCUT2D eigenvalue weighted by atomic mass is 16.1. The molecule has 0 spiro atoms. The second-order valence-corrected chi connectivity index (χ2v) is 7.31. The van der Waals surface area contributed by atoms with Gasteiger partial charge in [0, 0.05) is 37.0 Å². The highest BCUT2D eigenvalue weighted by Crippen LogP contribution is 2.33. The Hall–Kier alpha value is -3.25. The van der Waals surface area contributed by atoms with Gasteiger partial charge in [0.25, 0.3) is 5.56 Å². The number of benzene rings is 1. The number of nitrogens with zero attached hydrogens (tertiary/aromatic N) is 3. The summed E-state index contributed by atoms with van der Waals surface area (Å²) in [6, 6.07) is 14.0. The summed E-state index contributed by atoms with van der Waals surface area (Å²) in [4.78, 5) is 30.5. The predicted molar refractivity (Wildman–Crippen MR) is 108 cm³/mol. The number of H-pyrrole nitrogens is 2. The van der Waals surface area contributed by atoms with E-state index in [-0.39, 0.29) is 11.6 Å². The summed E-state index contributed by atoms with van der Waals surface area (Å²) in [6.07, 6.45) is 4.43. The Balaban J connectivity index is 1.56. The maximum absolute atomic E-state index is 12.8. The van der Waals surface area contributed by atoms with Crippen LogP contribution in [0.4, 0.5) is 0 Å². The summed E-state index contributed by atoms with van der Waals surface area (Å²) < 4.78 is 0. The molecule has 1 atom stereocenters. The average Bonchev–Trinajstić information content (AvgIpc) is 3.19. The predicted octanol–water partition coefficient (Wildman–Crippen LogP) is 3.10. The Labute approximate surface area is 162 Å². The van der Waals surface area contributed by atoms with Gasteiger partial charge in [0.2, 0.25) is 0 Å². The van der Waals surface area contributed by atoms with E-state index >= 15 is 0 Å². The Morgan fingerprint density at radius 3 is 2.96 bits per heavy atom. The Bertz CT molecular complexity index is 1190. The SMILES string of the molecule is Cc1cccc2cc(CN3CCc4[nH]cnc4[C@@H]3c3ccccn3)c(=O)[nH]c12. The molecule has 1 aromatic carbocycles. The van der Waals surface area contributed by atoms with E-state index in [2.05, 4.69) is 24.8 Å². The van der Waals surface area contributed by atoms with Crippen molar-refractivity contribution in [3.05, 3.63) is 93.6 Å². The van der Waals surface area contributed by atoms with E-state index < -0.39 is 0 Å². The van der Waals surface area contributed by atoms with Gasteiger partial charge in [0.05, 0.1) is 29.3 Å². The third kappa shape index (κ3) is 2.82. The summed E-state index contributed by atoms with van der Waals surface area (Å²) in [7, 11) is 0. The number of aromatic nitrogens is 4. The van der Waals surface area contributed by atoms with Crippen LogP contribution in [0, 0.1) is 6.92 Å². The quantitative estimate of drug-likeness (QED) is 0.580. The normalized spacial score (nSPS) is 17.0. The van der Waals surface area contributed by atoms with Crippen LogP contribution in [0.1, 0.15) is 34.3 Å². The van der Waals surface area contributed by atoms with Crippen LogP contribution in [0.2, 0.25) is 0 Å². The first-order valence-electron chi connectivity index (χ1n) is 9.49. The lowest BCUT2D eigenvalue weighted by atomic mass is 9.98. The Morgan fingerprint density at radius 2 is 2.11 bits per heavy atom. The van der Waals surface area contributed by atoms with E-state index in [0.29, 0.717) is 6.54 Å². The molecule has 0 fully saturated rings. The van der Waals surface area contributed by atoms with Gasteiger partial charge in [-0.3, -0.25) is 14.7 Å². The monoisotopic (exact) mass is 371 g/mol. The summed E-state index contributed by atoms with van der Waals surface area (Å²) in [5, 5.41) is 1.06. The van der Waals surface area contributed by atoms with Gasteiger partial charge in [0.15, 0.2) is 0 Å². The first kappa shape index (κ1) is 16.9. The number of imidazole rings is 1. The zero-order chi connectivity index (χ0) is 19.1. The summed E-state index contributed by atoms with van der Waals surface area (Å²) >= 11 is 0. The molecule has 0 saturated heterocycles. The summed E-state index contributed by atoms with van der Waals surface area (Å²) in [5.41, 5.74) is 5.81. The topological polar surface area (TPSA) is 77.7 Å². The molecule has 0 amide bonds. The van der Waals surface area contributed by atoms with E-state index in [0.717, 1.165) is 52.1 Å². The van der Waals surface area contributed by atoms with Crippen molar-refractivity contribution in [3.8, 4) is 0 Å². The van der Waals surface area contributed by atoms with Crippen LogP contribution in [-0.4, -0.2) is 31.4 Å². The number of rotatable bonds is 3. The number of aromatic amines is 2. The van der Waals surface area contributed by atoms with Gasteiger partial charge < -0.3 is 9.97 Å². The van der Waals surface area contributed by atoms with E-state index in [1.165, 1.54) is 0 Å². The molecule has 0 bridgehead atoms. The number of nitrogens with one attached hydrogen (secondary N) is 2. The minimum Gasteiger partial charge on any atom is -0.348 e. The molecule has 6 heteroatoms. The molecular formula is C22H21N5O. The fraction of sp³-hybridized carbons (Fsp3) is 0.227. The lowest BCUT2D eigenvalue weighted by molar-refractivity contribution is 0.196. The van der Waals surface area contributed by atoms with Crippen LogP contribution in [0.5, 0.6) is 0 Å². The average molecular weight is 371 g/mol. The van der Waals surface area contributed by atoms with Crippen molar-refractivity contribution in [3.63, 3.8) is 0 Å². The molecule has 0 unspecified atom stereocenters. The number of aryl methyl sites for hydroxylation is 1. The molecular weight excluding hydrogens is 350 g/mol. The fourth-order valence-corrected chi connectivity index (χ4v) is 4.12. The van der Waals surface area contributed by atoms with Crippen LogP contribution < -0.4 is 5.56 Å². The standard InChI is InChI=1S/C22H21N5O/c1-14-5-4-6-15-11-16(22(28)26-19(14)15)12-27-10-8-17-20(25-13-24-17)21(27)18-7-2-3-9-23-18/h2-7,9,11,13,21H,8,10,12H2,1H3,(H,24,25)(H,26,28)/t21-/m0/s1. The molecule has 1 aliphatic rings. The van der Waals surface area contributed by atoms with Gasteiger partial charge in [-0.05, 0) is 36.1 Å². The molecule has 0 radical (unpaired) electrons. The second kappa shape index (κ2) is 6.73. The maximum atomic E-state index is 12.8. The fourth-order valence-electron chi connectivity index (χ4n) is 4.12. The molecule has 140 valence electrons. The third-order valence-corrected chi connectivity index (χ3v) is 5.53. The largest absolute Gasteiger partial charge is 0.348 e. The first-order valence-corrected chi connectivity index (χ1v) is 9.49. The molecule has 6 nitrogen and oxygen atoms in total. The molecule has 0 saturated carbocycles. The van der Waals surface area contributed by atoms with E-state index in [1.807, 2.05) is 49.4 Å². The highest BCUT2D eigenvalue weighted by molar-refractivity contribution is 5.81. The number of pyridine rings is 2. The molecule has 2 N–H and O–H groups in total. The molecule has 4 heterocycles. The lowest BCUT2D eigenvalue weighted by Crippen LogP contribution is -2.37. The number of fused-ring (bicyclic) bond motifs is 2. The zero-order valence-electron chi connectivity index (χ0n) is 15.6. The minimum absolute atomic E-state index is 0.0330. The van der Waals surface area contributed by atoms with Gasteiger partial charge in [-0.25, -0.2) is 4.98 Å². The maximum Gasteiger partial charge on any atom is 0.252 e. The van der Waals surface area contributed by atoms with Crippen molar-refractivity contribution in [1.29, 1.82) is 0 Å². The van der Waals surface area contributed by atoms with Crippen LogP contribution in [0.25, 0.3) is 10.9 Å². The van der Waals surface area contributed by atoms with E-state index in [1.54, 1.807) is 12.5 Å². The van der Waals surface area contributed by atoms with Crippen molar-refractivity contribution in [2.45, 2.75) is 25.9 Å². The highest BCUT2D eigenvalue weighted by Gasteiger charge is 2.32. The van der Waals surface area contributed by atoms with Crippen LogP contribution in [-0.2, 0) is 13.0 Å². The van der Waals surface area contributed by atoms with E-state index in [9.17, 15) is 4.79 Å². The minimum atomic E-state index is -0.0659. The first-order chi connectivity index (χ1) is 13.7. The third-order valence-electron chi connectivity index (χ3n) is 5.53. The zero-order valence-corrected chi connectivity index (χ0v) is 15.6. The van der Waals surface area contributed by atoms with Crippen LogP contribution >= 0.6 is 0 Å². The van der Waals surface area contributed by atoms with Crippen molar-refractivity contribution in [1.82, 2.24) is 24.8 Å². The number of hydrogen-bond acceptors (Lipinski definition) is 4. The van der Waals surface area contributed by atoms with Crippen molar-refractivity contribution >= 4 is 10.9 Å². The van der Waals surface area contributed by atoms with Gasteiger partial charge >= 0.3 is 0 Å². The summed E-state index contributed by atoms with van der Waals surface area (Å²) in [6.45, 7) is 3.40. The number of hydrogen-bond donors (Lipinski definition) is 2. The van der Waals surface area contributed by atoms with Crippen LogP contribution in [0.15, 0.2) is 59.8 Å². The smallest absolute Gasteiger partial charge is 0.252 e. The Morgan fingerprint density at radius 1 is 1.18 bits per heavy atom. The van der Waals surface area contributed by atoms with Gasteiger partial charge in [-0.15, -0.1) is 0 Å². The van der Waals surface area contributed by atoms with Crippen molar-refractivity contribution in [2.75, 3.05) is 6.54 Å². The molecule has 5 rings (SSSR count). The van der Waals surface area contributed by atoms with Gasteiger partial charge in [0.1, 0.15) is 0 Å². The molecule has 4 aromatic rings. The van der Waals surface area contributed by atoms with Crippen molar-refractivity contribution in [2.24, 2.45) is 0 Å². The molecule has 0 aliphatic carbocycles. The summed E-state index contributed by atoms with van der Waals surface area (Å²) in [5.74, 6) is 0. The lowest BCUT2D eigenvalue weighted by Gasteiger charge is -2.34. The number of para-hydroxylation sites is 1.